The van der Waals surface area contributed by atoms with Crippen molar-refractivity contribution in [1.29, 1.82) is 0 Å². The first-order valence-corrected chi connectivity index (χ1v) is 9.45. The van der Waals surface area contributed by atoms with Gasteiger partial charge in [-0.05, 0) is 43.5 Å². The molecule has 0 bridgehead atoms. The Kier molecular flexibility index (Phi) is 6.09. The summed E-state index contributed by atoms with van der Waals surface area (Å²) in [4.78, 5) is 36.3. The minimum Gasteiger partial charge on any atom is -0.349 e. The van der Waals surface area contributed by atoms with Crippen molar-refractivity contribution < 1.29 is 14.4 Å². The number of rotatable bonds is 7. The lowest BCUT2D eigenvalue weighted by Crippen LogP contribution is -2.30. The lowest BCUT2D eigenvalue weighted by Gasteiger charge is -2.18. The fraction of sp³-hybridized carbons (Fsp3) is 0.318. The number of anilines is 1. The van der Waals surface area contributed by atoms with E-state index in [1.54, 1.807) is 24.3 Å². The zero-order valence-corrected chi connectivity index (χ0v) is 16.1. The van der Waals surface area contributed by atoms with Crippen LogP contribution in [0.1, 0.15) is 53.7 Å². The topological polar surface area (TPSA) is 87.3 Å². The van der Waals surface area contributed by atoms with Gasteiger partial charge < -0.3 is 16.0 Å². The van der Waals surface area contributed by atoms with Gasteiger partial charge in [0.05, 0.1) is 12.5 Å². The highest BCUT2D eigenvalue weighted by molar-refractivity contribution is 5.97. The van der Waals surface area contributed by atoms with Crippen LogP contribution in [0.5, 0.6) is 0 Å². The van der Waals surface area contributed by atoms with Crippen molar-refractivity contribution in [1.82, 2.24) is 10.6 Å². The highest BCUT2D eigenvalue weighted by atomic mass is 16.2. The maximum Gasteiger partial charge on any atom is 0.251 e. The maximum atomic E-state index is 12.6. The number of carbonyl (C=O) groups excluding carboxylic acids is 3. The summed E-state index contributed by atoms with van der Waals surface area (Å²) in [6.07, 6.45) is 2.14. The van der Waals surface area contributed by atoms with Gasteiger partial charge >= 0.3 is 0 Å². The second-order valence-corrected chi connectivity index (χ2v) is 7.24. The molecule has 0 unspecified atom stereocenters. The van der Waals surface area contributed by atoms with E-state index >= 15 is 0 Å². The van der Waals surface area contributed by atoms with Crippen molar-refractivity contribution in [3.05, 3.63) is 65.2 Å². The van der Waals surface area contributed by atoms with Crippen LogP contribution >= 0.6 is 0 Å². The van der Waals surface area contributed by atoms with Crippen molar-refractivity contribution in [2.24, 2.45) is 0 Å². The molecule has 3 rings (SSSR count). The lowest BCUT2D eigenvalue weighted by atomic mass is 10.0. The standard InChI is InChI=1S/C22H25N3O3/c1-14-6-8-16(9-7-14)20(23-15(2)26)13-21(27)24-19-5-3-4-17(12-19)22(28)25-18-10-11-18/h3-9,12,18,20H,10-11,13H2,1-2H3,(H,23,26)(H,24,27)(H,25,28)/t20-/m1/s1. The van der Waals surface area contributed by atoms with E-state index in [2.05, 4.69) is 16.0 Å². The van der Waals surface area contributed by atoms with Gasteiger partial charge in [-0.2, -0.15) is 0 Å². The van der Waals surface area contributed by atoms with E-state index in [-0.39, 0.29) is 30.2 Å². The lowest BCUT2D eigenvalue weighted by molar-refractivity contribution is -0.120. The van der Waals surface area contributed by atoms with E-state index in [4.69, 9.17) is 0 Å². The Labute approximate surface area is 164 Å². The molecule has 0 spiro atoms. The van der Waals surface area contributed by atoms with Gasteiger partial charge in [-0.1, -0.05) is 35.9 Å². The van der Waals surface area contributed by atoms with Crippen LogP contribution in [0.15, 0.2) is 48.5 Å². The predicted octanol–water partition coefficient (Wildman–Crippen LogP) is 3.09. The van der Waals surface area contributed by atoms with E-state index in [0.29, 0.717) is 11.3 Å². The van der Waals surface area contributed by atoms with E-state index in [1.165, 1.54) is 6.92 Å². The van der Waals surface area contributed by atoms with Gasteiger partial charge in [0.1, 0.15) is 0 Å². The Bertz CT molecular complexity index is 873. The molecule has 1 saturated carbocycles. The Morgan fingerprint density at radius 3 is 2.43 bits per heavy atom. The minimum atomic E-state index is -0.417. The fourth-order valence-electron chi connectivity index (χ4n) is 2.93. The molecule has 1 aliphatic carbocycles. The summed E-state index contributed by atoms with van der Waals surface area (Å²) in [7, 11) is 0. The van der Waals surface area contributed by atoms with Crippen LogP contribution in [0.3, 0.4) is 0 Å². The first-order valence-electron chi connectivity index (χ1n) is 9.45. The van der Waals surface area contributed by atoms with Crippen molar-refractivity contribution >= 4 is 23.4 Å². The summed E-state index contributed by atoms with van der Waals surface area (Å²) < 4.78 is 0. The number of hydrogen-bond acceptors (Lipinski definition) is 3. The van der Waals surface area contributed by atoms with Crippen molar-refractivity contribution in [2.45, 2.75) is 45.2 Å². The number of hydrogen-bond donors (Lipinski definition) is 3. The number of carbonyl (C=O) groups is 3. The van der Waals surface area contributed by atoms with Crippen LogP contribution in [0, 0.1) is 6.92 Å². The molecule has 0 heterocycles. The second-order valence-electron chi connectivity index (χ2n) is 7.24. The Balaban J connectivity index is 1.66. The average molecular weight is 379 g/mol. The molecule has 6 nitrogen and oxygen atoms in total. The molecule has 0 aromatic heterocycles. The van der Waals surface area contributed by atoms with Gasteiger partial charge in [0.2, 0.25) is 11.8 Å². The van der Waals surface area contributed by atoms with Gasteiger partial charge in [-0.3, -0.25) is 14.4 Å². The van der Waals surface area contributed by atoms with Crippen LogP contribution in [0.4, 0.5) is 5.69 Å². The minimum absolute atomic E-state index is 0.0984. The van der Waals surface area contributed by atoms with E-state index in [0.717, 1.165) is 24.0 Å². The third kappa shape index (κ3) is 5.67. The fourth-order valence-corrected chi connectivity index (χ4v) is 2.93. The highest BCUT2D eigenvalue weighted by Gasteiger charge is 2.24. The van der Waals surface area contributed by atoms with Gasteiger partial charge in [0, 0.05) is 24.2 Å². The van der Waals surface area contributed by atoms with Crippen LogP contribution in [-0.2, 0) is 9.59 Å². The number of nitrogens with one attached hydrogen (secondary N) is 3. The Morgan fingerprint density at radius 2 is 1.79 bits per heavy atom. The molecule has 0 saturated heterocycles. The average Bonchev–Trinajstić information content (AvgIpc) is 3.45. The monoisotopic (exact) mass is 379 g/mol. The molecule has 1 atom stereocenters. The predicted molar refractivity (Wildman–Crippen MR) is 108 cm³/mol. The quantitative estimate of drug-likeness (QED) is 0.691. The summed E-state index contributed by atoms with van der Waals surface area (Å²) in [5.74, 6) is -0.564. The number of benzene rings is 2. The van der Waals surface area contributed by atoms with Crippen molar-refractivity contribution in [3.63, 3.8) is 0 Å². The smallest absolute Gasteiger partial charge is 0.251 e. The molecule has 0 aliphatic heterocycles. The van der Waals surface area contributed by atoms with E-state index < -0.39 is 6.04 Å². The van der Waals surface area contributed by atoms with Gasteiger partial charge in [0.25, 0.3) is 5.91 Å². The Hall–Kier alpha value is -3.15. The van der Waals surface area contributed by atoms with Gasteiger partial charge in [-0.25, -0.2) is 0 Å². The van der Waals surface area contributed by atoms with Crippen LogP contribution < -0.4 is 16.0 Å². The highest BCUT2D eigenvalue weighted by Crippen LogP contribution is 2.21. The molecule has 3 amide bonds. The van der Waals surface area contributed by atoms with Gasteiger partial charge in [-0.15, -0.1) is 0 Å². The molecular weight excluding hydrogens is 354 g/mol. The molecular formula is C22H25N3O3. The normalized spacial score (nSPS) is 14.1. The number of amides is 3. The van der Waals surface area contributed by atoms with E-state index in [9.17, 15) is 14.4 Å². The first-order chi connectivity index (χ1) is 13.4. The molecule has 0 radical (unpaired) electrons. The first kappa shape index (κ1) is 19.6. The molecule has 6 heteroatoms. The molecule has 2 aromatic rings. The summed E-state index contributed by atoms with van der Waals surface area (Å²) in [5.41, 5.74) is 3.05. The largest absolute Gasteiger partial charge is 0.349 e. The van der Waals surface area contributed by atoms with Crippen molar-refractivity contribution in [2.75, 3.05) is 5.32 Å². The Morgan fingerprint density at radius 1 is 1.07 bits per heavy atom. The van der Waals surface area contributed by atoms with Crippen molar-refractivity contribution in [3.8, 4) is 0 Å². The van der Waals surface area contributed by atoms with Crippen LogP contribution in [0.2, 0.25) is 0 Å². The molecule has 1 fully saturated rings. The SMILES string of the molecule is CC(=O)N[C@H](CC(=O)Nc1cccc(C(=O)NC2CC2)c1)c1ccc(C)cc1. The number of aryl methyl sites for hydroxylation is 1. The maximum absolute atomic E-state index is 12.6. The van der Waals surface area contributed by atoms with Crippen LogP contribution in [0.25, 0.3) is 0 Å². The second kappa shape index (κ2) is 8.69. The van der Waals surface area contributed by atoms with E-state index in [1.807, 2.05) is 31.2 Å². The molecule has 3 N–H and O–H groups in total. The summed E-state index contributed by atoms with van der Waals surface area (Å²) >= 11 is 0. The summed E-state index contributed by atoms with van der Waals surface area (Å²) in [5, 5.41) is 8.58. The molecule has 2 aromatic carbocycles. The van der Waals surface area contributed by atoms with Gasteiger partial charge in [0.15, 0.2) is 0 Å². The molecule has 1 aliphatic rings. The molecule has 146 valence electrons. The zero-order chi connectivity index (χ0) is 20.1. The summed E-state index contributed by atoms with van der Waals surface area (Å²) in [6.45, 7) is 3.41. The third-order valence-corrected chi connectivity index (χ3v) is 4.57. The zero-order valence-electron chi connectivity index (χ0n) is 16.1. The van der Waals surface area contributed by atoms with Crippen LogP contribution in [-0.4, -0.2) is 23.8 Å². The molecule has 28 heavy (non-hydrogen) atoms. The third-order valence-electron chi connectivity index (χ3n) is 4.57. The summed E-state index contributed by atoms with van der Waals surface area (Å²) in [6, 6.07) is 14.4.